The molecule has 6 nitrogen and oxygen atoms in total. The van der Waals surface area contributed by atoms with Crippen LogP contribution in [0.4, 0.5) is 0 Å². The van der Waals surface area contributed by atoms with Crippen molar-refractivity contribution in [1.29, 1.82) is 0 Å². The molecule has 6 heteroatoms. The van der Waals surface area contributed by atoms with E-state index < -0.39 is 5.60 Å². The predicted octanol–water partition coefficient (Wildman–Crippen LogP) is 1.57. The summed E-state index contributed by atoms with van der Waals surface area (Å²) in [6.07, 6.45) is 9.81. The average molecular weight is 323 g/mol. The summed E-state index contributed by atoms with van der Waals surface area (Å²) in [5.74, 6) is 0. The van der Waals surface area contributed by atoms with Crippen LogP contribution in [0.5, 0.6) is 0 Å². The van der Waals surface area contributed by atoms with Crippen LogP contribution >= 0.6 is 0 Å². The minimum absolute atomic E-state index is 0.255. The summed E-state index contributed by atoms with van der Waals surface area (Å²) in [6, 6.07) is 8.51. The van der Waals surface area contributed by atoms with Crippen LogP contribution in [0.3, 0.4) is 0 Å². The molecule has 4 heterocycles. The maximum absolute atomic E-state index is 13.1. The van der Waals surface area contributed by atoms with E-state index in [-0.39, 0.29) is 23.5 Å². The van der Waals surface area contributed by atoms with Crippen LogP contribution in [0.1, 0.15) is 24.9 Å². The summed E-state index contributed by atoms with van der Waals surface area (Å²) in [6.45, 7) is 0.678. The second kappa shape index (κ2) is 4.70. The molecule has 0 radical (unpaired) electrons. The Balaban J connectivity index is 1.80. The fourth-order valence-electron chi connectivity index (χ4n) is 4.10. The molecule has 24 heavy (non-hydrogen) atoms. The lowest BCUT2D eigenvalue weighted by Gasteiger charge is -2.33. The lowest BCUT2D eigenvalue weighted by molar-refractivity contribution is 0.00876. The molecule has 3 atom stereocenters. The molecule has 2 bridgehead atoms. The van der Waals surface area contributed by atoms with Gasteiger partial charge in [0, 0.05) is 6.61 Å². The first-order valence-electron chi connectivity index (χ1n) is 8.24. The molecule has 6 rings (SSSR count). The number of ether oxygens (including phenoxy) is 1. The summed E-state index contributed by atoms with van der Waals surface area (Å²) in [5, 5.41) is 0. The molecule has 1 aromatic heterocycles. The molecule has 122 valence electrons. The Kier molecular flexibility index (Phi) is 2.71. The Morgan fingerprint density at radius 3 is 2.54 bits per heavy atom. The molecule has 2 aromatic rings. The zero-order valence-corrected chi connectivity index (χ0v) is 13.0. The van der Waals surface area contributed by atoms with Crippen molar-refractivity contribution in [3.8, 4) is 5.69 Å². The van der Waals surface area contributed by atoms with Crippen LogP contribution in [-0.4, -0.2) is 26.1 Å². The van der Waals surface area contributed by atoms with Crippen molar-refractivity contribution in [2.75, 3.05) is 6.61 Å². The van der Waals surface area contributed by atoms with Crippen molar-refractivity contribution in [2.24, 2.45) is 0 Å². The highest BCUT2D eigenvalue weighted by Gasteiger charge is 2.46. The molecule has 1 spiro atoms. The number of aromatic nitrogens is 3. The van der Waals surface area contributed by atoms with E-state index in [1.807, 2.05) is 42.5 Å². The van der Waals surface area contributed by atoms with Gasteiger partial charge in [-0.15, -0.1) is 0 Å². The first kappa shape index (κ1) is 13.8. The molecule has 1 saturated heterocycles. The van der Waals surface area contributed by atoms with Crippen LogP contribution < -0.4 is 11.4 Å². The minimum atomic E-state index is -0.525. The third-order valence-electron chi connectivity index (χ3n) is 5.22. The van der Waals surface area contributed by atoms with E-state index in [1.54, 1.807) is 21.5 Å². The summed E-state index contributed by atoms with van der Waals surface area (Å²) in [4.78, 5) is 26.1. The number of para-hydroxylation sites is 1. The van der Waals surface area contributed by atoms with E-state index in [9.17, 15) is 9.59 Å². The van der Waals surface area contributed by atoms with Gasteiger partial charge >= 0.3 is 11.4 Å². The topological polar surface area (TPSA) is 58.2 Å². The Morgan fingerprint density at radius 1 is 1.00 bits per heavy atom. The molecule has 4 aliphatic rings. The summed E-state index contributed by atoms with van der Waals surface area (Å²) in [7, 11) is 0. The number of allylic oxidation sites excluding steroid dienone is 2. The Hall–Kier alpha value is -2.60. The predicted molar refractivity (Wildman–Crippen MR) is 88.6 cm³/mol. The average Bonchev–Trinajstić information content (AvgIpc) is 3.09. The summed E-state index contributed by atoms with van der Waals surface area (Å²) >= 11 is 0. The highest BCUT2D eigenvalue weighted by atomic mass is 16.5. The first-order valence-corrected chi connectivity index (χ1v) is 8.24. The fraction of sp³-hybridized carbons (Fsp3) is 0.333. The zero-order chi connectivity index (χ0) is 16.3. The quantitative estimate of drug-likeness (QED) is 0.749. The SMILES string of the molecule is O=c1n(-c2ccccc2)c(=O)n2n1[C@@H]1C=C[C@H]2[C@@]2(C=C1)CCCO2. The molecular formula is C18H17N3O3. The van der Waals surface area contributed by atoms with Gasteiger partial charge in [0.1, 0.15) is 11.6 Å². The highest BCUT2D eigenvalue weighted by Crippen LogP contribution is 2.42. The molecule has 0 N–H and O–H groups in total. The number of benzene rings is 1. The fourth-order valence-corrected chi connectivity index (χ4v) is 4.10. The molecule has 0 unspecified atom stereocenters. The van der Waals surface area contributed by atoms with Gasteiger partial charge in [-0.2, -0.15) is 0 Å². The van der Waals surface area contributed by atoms with Gasteiger partial charge in [-0.1, -0.05) is 42.5 Å². The van der Waals surface area contributed by atoms with Crippen molar-refractivity contribution in [2.45, 2.75) is 30.5 Å². The Bertz CT molecular complexity index is 971. The number of rotatable bonds is 1. The van der Waals surface area contributed by atoms with Gasteiger partial charge in [-0.05, 0) is 25.0 Å². The van der Waals surface area contributed by atoms with Crippen molar-refractivity contribution in [1.82, 2.24) is 13.9 Å². The van der Waals surface area contributed by atoms with Gasteiger partial charge in [0.25, 0.3) is 0 Å². The van der Waals surface area contributed by atoms with E-state index in [0.717, 1.165) is 12.8 Å². The molecule has 1 aromatic carbocycles. The summed E-state index contributed by atoms with van der Waals surface area (Å²) in [5.41, 5.74) is -0.567. The van der Waals surface area contributed by atoms with Gasteiger partial charge in [0.15, 0.2) is 0 Å². The minimum Gasteiger partial charge on any atom is -0.368 e. The third-order valence-corrected chi connectivity index (χ3v) is 5.22. The monoisotopic (exact) mass is 323 g/mol. The van der Waals surface area contributed by atoms with Gasteiger partial charge in [0.05, 0.1) is 11.7 Å². The second-order valence-electron chi connectivity index (χ2n) is 6.51. The van der Waals surface area contributed by atoms with Gasteiger partial charge in [-0.3, -0.25) is 0 Å². The van der Waals surface area contributed by atoms with Gasteiger partial charge < -0.3 is 4.74 Å². The molecule has 0 saturated carbocycles. The smallest absolute Gasteiger partial charge is 0.352 e. The van der Waals surface area contributed by atoms with Crippen molar-refractivity contribution in [3.05, 3.63) is 75.6 Å². The third kappa shape index (κ3) is 1.63. The number of hydrogen-bond donors (Lipinski definition) is 0. The zero-order valence-electron chi connectivity index (χ0n) is 13.0. The van der Waals surface area contributed by atoms with E-state index in [2.05, 4.69) is 0 Å². The molecule has 0 amide bonds. The normalized spacial score (nSPS) is 30.0. The number of nitrogens with zero attached hydrogens (tertiary/aromatic N) is 3. The van der Waals surface area contributed by atoms with Crippen LogP contribution in [0.15, 0.2) is 64.2 Å². The Labute approximate surface area is 137 Å². The van der Waals surface area contributed by atoms with Crippen molar-refractivity contribution in [3.63, 3.8) is 0 Å². The largest absolute Gasteiger partial charge is 0.368 e. The first-order chi connectivity index (χ1) is 11.7. The molecule has 1 aliphatic carbocycles. The van der Waals surface area contributed by atoms with Gasteiger partial charge in [-0.25, -0.2) is 23.5 Å². The highest BCUT2D eigenvalue weighted by molar-refractivity contribution is 5.32. The van der Waals surface area contributed by atoms with Crippen molar-refractivity contribution >= 4 is 0 Å². The van der Waals surface area contributed by atoms with Crippen LogP contribution in [0, 0.1) is 0 Å². The van der Waals surface area contributed by atoms with Crippen LogP contribution in [0.25, 0.3) is 5.69 Å². The van der Waals surface area contributed by atoms with Gasteiger partial charge in [0.2, 0.25) is 0 Å². The maximum Gasteiger partial charge on any atom is 0.352 e. The number of hydrogen-bond acceptors (Lipinski definition) is 3. The Morgan fingerprint density at radius 2 is 1.79 bits per heavy atom. The molecule has 1 fully saturated rings. The molecule has 3 aliphatic heterocycles. The van der Waals surface area contributed by atoms with E-state index >= 15 is 0 Å². The lowest BCUT2D eigenvalue weighted by Crippen LogP contribution is -2.43. The molecular weight excluding hydrogens is 306 g/mol. The van der Waals surface area contributed by atoms with E-state index in [1.165, 1.54) is 4.57 Å². The van der Waals surface area contributed by atoms with Crippen LogP contribution in [0.2, 0.25) is 0 Å². The van der Waals surface area contributed by atoms with Crippen molar-refractivity contribution < 1.29 is 4.74 Å². The second-order valence-corrected chi connectivity index (χ2v) is 6.51. The van der Waals surface area contributed by atoms with Crippen LogP contribution in [-0.2, 0) is 4.74 Å². The summed E-state index contributed by atoms with van der Waals surface area (Å²) < 4.78 is 10.4. The lowest BCUT2D eigenvalue weighted by atomic mass is 9.91. The maximum atomic E-state index is 13.1. The van der Waals surface area contributed by atoms with E-state index in [0.29, 0.717) is 12.3 Å². The van der Waals surface area contributed by atoms with E-state index in [4.69, 9.17) is 4.74 Å². The standard InChI is InChI=1S/C18H17N3O3/c22-16-19(13-5-2-1-3-6-13)17(23)21-15-8-7-14(20(16)21)9-11-18(15)10-4-12-24-18/h1-3,5-9,11,14-15H,4,10,12H2/t14-,15+,18+/m1/s1.